The van der Waals surface area contributed by atoms with Crippen LogP contribution >= 0.6 is 0 Å². The quantitative estimate of drug-likeness (QED) is 0.433. The van der Waals surface area contributed by atoms with Crippen molar-refractivity contribution in [3.8, 4) is 0 Å². The Balaban J connectivity index is 0. The lowest BCUT2D eigenvalue weighted by Crippen LogP contribution is -2.12. The second-order valence-corrected chi connectivity index (χ2v) is 3.61. The van der Waals surface area contributed by atoms with E-state index in [1.165, 1.54) is 13.2 Å². The Kier molecular flexibility index (Phi) is 7.16. The standard InChI is InChI=1S/C11H19FN2O2.H2/c1-8(11(15)16-3)5-4-6-10(12)7-14-9(2)13;/h6,8H,4-5,7H2,1-3H3,(H2,13,14);1H/b10-6+;/t8-;/m1./s1. The number of rotatable bonds is 6. The molecule has 0 fully saturated rings. The van der Waals surface area contributed by atoms with Crippen molar-refractivity contribution in [2.45, 2.75) is 26.7 Å². The van der Waals surface area contributed by atoms with Crippen LogP contribution in [-0.2, 0) is 9.53 Å². The zero-order valence-electron chi connectivity index (χ0n) is 10.00. The predicted molar refractivity (Wildman–Crippen MR) is 63.9 cm³/mol. The molecule has 16 heavy (non-hydrogen) atoms. The number of allylic oxidation sites excluding steroid dienone is 1. The van der Waals surface area contributed by atoms with Gasteiger partial charge >= 0.3 is 5.97 Å². The normalized spacial score (nSPS) is 14.8. The van der Waals surface area contributed by atoms with Gasteiger partial charge in [0.2, 0.25) is 0 Å². The minimum Gasteiger partial charge on any atom is -0.469 e. The Morgan fingerprint density at radius 3 is 2.81 bits per heavy atom. The number of amidine groups is 1. The van der Waals surface area contributed by atoms with Crippen LogP contribution < -0.4 is 5.73 Å². The second-order valence-electron chi connectivity index (χ2n) is 3.61. The van der Waals surface area contributed by atoms with Gasteiger partial charge in [-0.1, -0.05) is 13.0 Å². The number of hydrogen-bond donors (Lipinski definition) is 1. The SMILES string of the molecule is COC(=O)[C@H](C)CC/C=C(/F)CN=C(C)N.[HH]. The first-order chi connectivity index (χ1) is 7.47. The highest BCUT2D eigenvalue weighted by Gasteiger charge is 2.11. The van der Waals surface area contributed by atoms with Crippen LogP contribution in [-0.4, -0.2) is 25.5 Å². The number of halogens is 1. The van der Waals surface area contributed by atoms with Crippen molar-refractivity contribution in [3.63, 3.8) is 0 Å². The van der Waals surface area contributed by atoms with Crippen LogP contribution in [0.4, 0.5) is 4.39 Å². The molecular formula is C11H21FN2O2. The summed E-state index contributed by atoms with van der Waals surface area (Å²) in [6.45, 7) is 3.32. The summed E-state index contributed by atoms with van der Waals surface area (Å²) in [5.41, 5.74) is 5.27. The molecule has 0 spiro atoms. The number of hydrogen-bond acceptors (Lipinski definition) is 3. The van der Waals surface area contributed by atoms with E-state index in [-0.39, 0.29) is 25.7 Å². The lowest BCUT2D eigenvalue weighted by molar-refractivity contribution is -0.144. The van der Waals surface area contributed by atoms with E-state index in [9.17, 15) is 9.18 Å². The third kappa shape index (κ3) is 6.98. The number of ether oxygens (including phenoxy) is 1. The molecule has 0 saturated carbocycles. The van der Waals surface area contributed by atoms with Gasteiger partial charge in [-0.3, -0.25) is 9.79 Å². The summed E-state index contributed by atoms with van der Waals surface area (Å²) < 4.78 is 17.6. The van der Waals surface area contributed by atoms with Crippen LogP contribution in [0.2, 0.25) is 0 Å². The first kappa shape index (κ1) is 14.6. The molecule has 0 unspecified atom stereocenters. The average molecular weight is 232 g/mol. The van der Waals surface area contributed by atoms with Gasteiger partial charge in [-0.05, 0) is 19.8 Å². The van der Waals surface area contributed by atoms with Crippen molar-refractivity contribution in [1.82, 2.24) is 0 Å². The molecule has 0 heterocycles. The highest BCUT2D eigenvalue weighted by atomic mass is 19.1. The van der Waals surface area contributed by atoms with Crippen LogP contribution in [0.25, 0.3) is 0 Å². The van der Waals surface area contributed by atoms with E-state index in [2.05, 4.69) is 9.73 Å². The number of nitrogens with two attached hydrogens (primary N) is 1. The summed E-state index contributed by atoms with van der Waals surface area (Å²) >= 11 is 0. The van der Waals surface area contributed by atoms with Gasteiger partial charge in [0.15, 0.2) is 0 Å². The van der Waals surface area contributed by atoms with Gasteiger partial charge < -0.3 is 10.5 Å². The van der Waals surface area contributed by atoms with Crippen molar-refractivity contribution in [2.75, 3.05) is 13.7 Å². The number of aliphatic imine (C=N–C) groups is 1. The van der Waals surface area contributed by atoms with Crippen molar-refractivity contribution < 1.29 is 15.3 Å². The number of methoxy groups -OCH3 is 1. The molecular weight excluding hydrogens is 211 g/mol. The van der Waals surface area contributed by atoms with E-state index in [0.29, 0.717) is 18.7 Å². The average Bonchev–Trinajstić information content (AvgIpc) is 2.24. The molecule has 0 saturated heterocycles. The molecule has 0 radical (unpaired) electrons. The van der Waals surface area contributed by atoms with Crippen LogP contribution in [0.5, 0.6) is 0 Å². The summed E-state index contributed by atoms with van der Waals surface area (Å²) in [5, 5.41) is 0. The Labute approximate surface area is 96.9 Å². The smallest absolute Gasteiger partial charge is 0.308 e. The van der Waals surface area contributed by atoms with E-state index in [0.717, 1.165) is 0 Å². The minimum absolute atomic E-state index is 0. The van der Waals surface area contributed by atoms with E-state index in [1.807, 2.05) is 0 Å². The Bertz CT molecular complexity index is 289. The van der Waals surface area contributed by atoms with Gasteiger partial charge in [-0.2, -0.15) is 0 Å². The van der Waals surface area contributed by atoms with Crippen LogP contribution in [0.1, 0.15) is 28.1 Å². The third-order valence-corrected chi connectivity index (χ3v) is 2.05. The fourth-order valence-corrected chi connectivity index (χ4v) is 1.07. The molecule has 0 aromatic heterocycles. The Hall–Kier alpha value is -1.39. The van der Waals surface area contributed by atoms with Crippen molar-refractivity contribution >= 4 is 11.8 Å². The van der Waals surface area contributed by atoms with Gasteiger partial charge in [0.25, 0.3) is 0 Å². The van der Waals surface area contributed by atoms with E-state index in [4.69, 9.17) is 5.73 Å². The minimum atomic E-state index is -0.332. The third-order valence-electron chi connectivity index (χ3n) is 2.05. The molecule has 0 rings (SSSR count). The lowest BCUT2D eigenvalue weighted by Gasteiger charge is -2.06. The topological polar surface area (TPSA) is 64.7 Å². The molecule has 0 aliphatic carbocycles. The molecule has 0 bridgehead atoms. The molecule has 0 amide bonds. The first-order valence-electron chi connectivity index (χ1n) is 5.16. The van der Waals surface area contributed by atoms with Crippen LogP contribution in [0.15, 0.2) is 16.9 Å². The maximum atomic E-state index is 13.1. The molecule has 94 valence electrons. The summed E-state index contributed by atoms with van der Waals surface area (Å²) in [6, 6.07) is 0. The van der Waals surface area contributed by atoms with Crippen molar-refractivity contribution in [1.29, 1.82) is 0 Å². The molecule has 0 aromatic carbocycles. The van der Waals surface area contributed by atoms with Crippen molar-refractivity contribution in [3.05, 3.63) is 11.9 Å². The molecule has 2 N–H and O–H groups in total. The fraction of sp³-hybridized carbons (Fsp3) is 0.636. The fourth-order valence-electron chi connectivity index (χ4n) is 1.07. The monoisotopic (exact) mass is 232 g/mol. The zero-order chi connectivity index (χ0) is 12.6. The number of esters is 1. The van der Waals surface area contributed by atoms with Gasteiger partial charge in [0.1, 0.15) is 5.83 Å². The Morgan fingerprint density at radius 1 is 1.69 bits per heavy atom. The largest absolute Gasteiger partial charge is 0.469 e. The molecule has 0 aliphatic rings. The van der Waals surface area contributed by atoms with E-state index < -0.39 is 0 Å². The van der Waals surface area contributed by atoms with Gasteiger partial charge in [0, 0.05) is 1.43 Å². The van der Waals surface area contributed by atoms with Gasteiger partial charge in [0.05, 0.1) is 25.4 Å². The van der Waals surface area contributed by atoms with Gasteiger partial charge in [-0.25, -0.2) is 4.39 Å². The number of carbonyl (C=O) groups excluding carboxylic acids is 1. The molecule has 1 atom stereocenters. The zero-order valence-corrected chi connectivity index (χ0v) is 10.00. The number of nitrogens with zero attached hydrogens (tertiary/aromatic N) is 1. The maximum absolute atomic E-state index is 13.1. The highest BCUT2D eigenvalue weighted by molar-refractivity contribution is 5.77. The molecule has 4 nitrogen and oxygen atoms in total. The lowest BCUT2D eigenvalue weighted by atomic mass is 10.1. The highest BCUT2D eigenvalue weighted by Crippen LogP contribution is 2.10. The van der Waals surface area contributed by atoms with E-state index in [1.54, 1.807) is 13.8 Å². The summed E-state index contributed by atoms with van der Waals surface area (Å²) in [4.78, 5) is 14.8. The summed E-state index contributed by atoms with van der Waals surface area (Å²) in [5.74, 6) is -0.466. The Morgan fingerprint density at radius 2 is 2.31 bits per heavy atom. The second kappa shape index (κ2) is 7.84. The maximum Gasteiger partial charge on any atom is 0.308 e. The predicted octanol–water partition coefficient (Wildman–Crippen LogP) is 2.05. The molecule has 0 aliphatic heterocycles. The van der Waals surface area contributed by atoms with Crippen molar-refractivity contribution in [2.24, 2.45) is 16.6 Å². The first-order valence-corrected chi connectivity index (χ1v) is 5.16. The van der Waals surface area contributed by atoms with Crippen LogP contribution in [0, 0.1) is 5.92 Å². The summed E-state index contributed by atoms with van der Waals surface area (Å²) in [6.07, 6.45) is 2.47. The van der Waals surface area contributed by atoms with E-state index >= 15 is 0 Å². The van der Waals surface area contributed by atoms with Gasteiger partial charge in [-0.15, -0.1) is 0 Å². The summed E-state index contributed by atoms with van der Waals surface area (Å²) in [7, 11) is 1.34. The van der Waals surface area contributed by atoms with Crippen LogP contribution in [0.3, 0.4) is 0 Å². The number of carbonyl (C=O) groups is 1. The molecule has 0 aromatic rings. The molecule has 5 heteroatoms.